The van der Waals surface area contributed by atoms with Crippen LogP contribution in [-0.2, 0) is 0 Å². The topological polar surface area (TPSA) is 38.4 Å². The van der Waals surface area contributed by atoms with E-state index < -0.39 is 17.0 Å². The van der Waals surface area contributed by atoms with Crippen LogP contribution in [0.25, 0.3) is 0 Å². The standard InChI is InChI=1S/C6H6ClF3N2/c1-3(11)5(7)12-4(2)6(8,9)10/h1-2,11H2. The number of hydrogen-bond acceptors (Lipinski definition) is 2. The number of aliphatic imine (C=N–C) groups is 1. The highest BCUT2D eigenvalue weighted by atomic mass is 35.5. The van der Waals surface area contributed by atoms with Crippen LogP contribution in [0.4, 0.5) is 13.2 Å². The first-order chi connectivity index (χ1) is 5.25. The predicted octanol–water partition coefficient (Wildman–Crippen LogP) is 2.17. The first-order valence-electron chi connectivity index (χ1n) is 2.70. The molecule has 6 heteroatoms. The second kappa shape index (κ2) is 3.62. The molecule has 0 heterocycles. The zero-order valence-electron chi connectivity index (χ0n) is 5.95. The lowest BCUT2D eigenvalue weighted by Gasteiger charge is -2.04. The fourth-order valence-electron chi connectivity index (χ4n) is 0.254. The Morgan fingerprint density at radius 1 is 1.33 bits per heavy atom. The molecule has 0 aliphatic carbocycles. The summed E-state index contributed by atoms with van der Waals surface area (Å²) in [6.07, 6.45) is -4.59. The van der Waals surface area contributed by atoms with E-state index in [0.717, 1.165) is 0 Å². The molecule has 0 saturated heterocycles. The van der Waals surface area contributed by atoms with E-state index >= 15 is 0 Å². The number of nitrogens with two attached hydrogens (primary N) is 1. The van der Waals surface area contributed by atoms with Crippen LogP contribution in [0.5, 0.6) is 0 Å². The Balaban J connectivity index is 4.57. The van der Waals surface area contributed by atoms with Gasteiger partial charge in [0.25, 0.3) is 0 Å². The molecule has 0 aromatic carbocycles. The third-order valence-corrected chi connectivity index (χ3v) is 1.15. The summed E-state index contributed by atoms with van der Waals surface area (Å²) in [5.41, 5.74) is 3.42. The van der Waals surface area contributed by atoms with Gasteiger partial charge < -0.3 is 5.73 Å². The van der Waals surface area contributed by atoms with E-state index in [2.05, 4.69) is 18.2 Å². The molecule has 0 aromatic rings. The van der Waals surface area contributed by atoms with Gasteiger partial charge in [-0.3, -0.25) is 0 Å². The number of rotatable bonds is 2. The Morgan fingerprint density at radius 3 is 2.00 bits per heavy atom. The summed E-state index contributed by atoms with van der Waals surface area (Å²) in [6, 6.07) is 0. The second-order valence-corrected chi connectivity index (χ2v) is 2.23. The zero-order valence-corrected chi connectivity index (χ0v) is 6.71. The summed E-state index contributed by atoms with van der Waals surface area (Å²) in [6.45, 7) is 5.75. The average Bonchev–Trinajstić information content (AvgIpc) is 1.85. The largest absolute Gasteiger partial charge is 0.432 e. The maximum atomic E-state index is 11.7. The molecule has 0 aromatic heterocycles. The van der Waals surface area contributed by atoms with Gasteiger partial charge in [0, 0.05) is 0 Å². The van der Waals surface area contributed by atoms with Gasteiger partial charge in [-0.15, -0.1) is 0 Å². The summed E-state index contributed by atoms with van der Waals surface area (Å²) in [4.78, 5) is 2.89. The minimum Gasteiger partial charge on any atom is -0.397 e. The van der Waals surface area contributed by atoms with Crippen molar-refractivity contribution >= 4 is 16.8 Å². The highest BCUT2D eigenvalue weighted by Gasteiger charge is 2.32. The van der Waals surface area contributed by atoms with Gasteiger partial charge in [-0.1, -0.05) is 24.8 Å². The molecule has 68 valence electrons. The predicted molar refractivity (Wildman–Crippen MR) is 41.8 cm³/mol. The van der Waals surface area contributed by atoms with Crippen molar-refractivity contribution in [2.45, 2.75) is 6.18 Å². The number of allylic oxidation sites excluding steroid dienone is 2. The molecule has 0 bridgehead atoms. The van der Waals surface area contributed by atoms with Crippen molar-refractivity contribution in [2.75, 3.05) is 0 Å². The van der Waals surface area contributed by atoms with E-state index in [1.54, 1.807) is 0 Å². The molecule has 0 aliphatic rings. The number of hydrogen-bond donors (Lipinski definition) is 1. The molecule has 0 amide bonds. The minimum atomic E-state index is -4.59. The van der Waals surface area contributed by atoms with Gasteiger partial charge in [0.05, 0.1) is 5.70 Å². The minimum absolute atomic E-state index is 0.234. The molecule has 0 rings (SSSR count). The maximum absolute atomic E-state index is 11.7. The fraction of sp³-hybridized carbons (Fsp3) is 0.167. The van der Waals surface area contributed by atoms with Gasteiger partial charge in [0.1, 0.15) is 5.70 Å². The van der Waals surface area contributed by atoms with Crippen LogP contribution >= 0.6 is 11.6 Å². The van der Waals surface area contributed by atoms with Gasteiger partial charge in [-0.05, 0) is 0 Å². The van der Waals surface area contributed by atoms with E-state index in [4.69, 9.17) is 17.3 Å². The highest BCUT2D eigenvalue weighted by Crippen LogP contribution is 2.25. The Labute approximate surface area is 72.2 Å². The van der Waals surface area contributed by atoms with Crippen molar-refractivity contribution in [3.8, 4) is 0 Å². The van der Waals surface area contributed by atoms with Crippen molar-refractivity contribution in [1.29, 1.82) is 0 Å². The van der Waals surface area contributed by atoms with Gasteiger partial charge >= 0.3 is 6.18 Å². The van der Waals surface area contributed by atoms with Gasteiger partial charge in [-0.25, -0.2) is 4.99 Å². The third-order valence-electron chi connectivity index (χ3n) is 0.825. The number of nitrogens with zero attached hydrogens (tertiary/aromatic N) is 1. The molecule has 0 aliphatic heterocycles. The van der Waals surface area contributed by atoms with Crippen LogP contribution in [0.2, 0.25) is 0 Å². The van der Waals surface area contributed by atoms with Crippen LogP contribution in [0.15, 0.2) is 29.5 Å². The lowest BCUT2D eigenvalue weighted by molar-refractivity contribution is -0.0918. The SMILES string of the molecule is C=C(N)C(Cl)=NC(=C)C(F)(F)F. The van der Waals surface area contributed by atoms with E-state index in [1.807, 2.05) is 0 Å². The summed E-state index contributed by atoms with van der Waals surface area (Å²) in [5.74, 6) is 0. The zero-order chi connectivity index (χ0) is 9.94. The quantitative estimate of drug-likeness (QED) is 0.679. The molecule has 0 atom stereocenters. The van der Waals surface area contributed by atoms with Crippen molar-refractivity contribution in [3.63, 3.8) is 0 Å². The molecule has 2 nitrogen and oxygen atoms in total. The van der Waals surface area contributed by atoms with Gasteiger partial charge in [-0.2, -0.15) is 13.2 Å². The molecular formula is C6H6ClF3N2. The molecule has 0 unspecified atom stereocenters. The first kappa shape index (κ1) is 11.0. The molecule has 12 heavy (non-hydrogen) atoms. The molecule has 0 fully saturated rings. The molecule has 2 N–H and O–H groups in total. The average molecular weight is 199 g/mol. The summed E-state index contributed by atoms with van der Waals surface area (Å²) in [7, 11) is 0. The Morgan fingerprint density at radius 2 is 1.75 bits per heavy atom. The van der Waals surface area contributed by atoms with Crippen molar-refractivity contribution in [1.82, 2.24) is 0 Å². The normalized spacial score (nSPS) is 12.8. The van der Waals surface area contributed by atoms with Crippen LogP contribution in [0.1, 0.15) is 0 Å². The van der Waals surface area contributed by atoms with E-state index in [9.17, 15) is 13.2 Å². The van der Waals surface area contributed by atoms with E-state index in [-0.39, 0.29) is 5.70 Å². The van der Waals surface area contributed by atoms with Crippen molar-refractivity contribution < 1.29 is 13.2 Å². The van der Waals surface area contributed by atoms with Crippen LogP contribution in [0.3, 0.4) is 0 Å². The second-order valence-electron chi connectivity index (χ2n) is 1.87. The molecule has 0 spiro atoms. The van der Waals surface area contributed by atoms with Crippen molar-refractivity contribution in [3.05, 3.63) is 24.6 Å². The van der Waals surface area contributed by atoms with Gasteiger partial charge in [0.2, 0.25) is 0 Å². The Kier molecular flexibility index (Phi) is 3.33. The molecule has 0 radical (unpaired) electrons. The van der Waals surface area contributed by atoms with E-state index in [1.165, 1.54) is 0 Å². The summed E-state index contributed by atoms with van der Waals surface area (Å²) >= 11 is 5.18. The van der Waals surface area contributed by atoms with Gasteiger partial charge in [0.15, 0.2) is 5.17 Å². The molecular weight excluding hydrogens is 193 g/mol. The highest BCUT2D eigenvalue weighted by molar-refractivity contribution is 6.69. The van der Waals surface area contributed by atoms with Crippen LogP contribution in [0, 0.1) is 0 Å². The Bertz CT molecular complexity index is 242. The summed E-state index contributed by atoms with van der Waals surface area (Å²) < 4.78 is 35.2. The maximum Gasteiger partial charge on any atom is 0.432 e. The number of halogens is 4. The monoisotopic (exact) mass is 198 g/mol. The number of alkyl halides is 3. The third kappa shape index (κ3) is 3.43. The first-order valence-corrected chi connectivity index (χ1v) is 3.08. The Hall–Kier alpha value is -0.970. The molecule has 0 saturated carbocycles. The van der Waals surface area contributed by atoms with Crippen molar-refractivity contribution in [2.24, 2.45) is 10.7 Å². The van der Waals surface area contributed by atoms with Crippen LogP contribution in [-0.4, -0.2) is 11.3 Å². The smallest absolute Gasteiger partial charge is 0.397 e. The van der Waals surface area contributed by atoms with E-state index in [0.29, 0.717) is 0 Å². The lowest BCUT2D eigenvalue weighted by atomic mass is 10.5. The lowest BCUT2D eigenvalue weighted by Crippen LogP contribution is -2.12. The van der Waals surface area contributed by atoms with Crippen LogP contribution < -0.4 is 5.73 Å². The fourth-order valence-corrected chi connectivity index (χ4v) is 0.356. The summed E-state index contributed by atoms with van der Waals surface area (Å²) in [5, 5.41) is -0.502.